The Labute approximate surface area is 223 Å². The third kappa shape index (κ3) is 9.55. The molecule has 38 heavy (non-hydrogen) atoms. The van der Waals surface area contributed by atoms with Crippen LogP contribution in [0.25, 0.3) is 0 Å². The van der Waals surface area contributed by atoms with Crippen molar-refractivity contribution < 1.29 is 34.8 Å². The topological polar surface area (TPSA) is 165 Å². The number of imidazole rings is 1. The smallest absolute Gasteiger partial charge is 0.336 e. The van der Waals surface area contributed by atoms with E-state index in [2.05, 4.69) is 84.8 Å². The van der Waals surface area contributed by atoms with Crippen LogP contribution in [-0.2, 0) is 34.5 Å². The molecule has 11 heteroatoms. The van der Waals surface area contributed by atoms with Gasteiger partial charge in [0.15, 0.2) is 5.60 Å². The molecule has 11 nitrogen and oxygen atoms in total. The molecule has 1 fully saturated rings. The fourth-order valence-electron chi connectivity index (χ4n) is 5.10. The molecular formula is C27H40N4O7. The van der Waals surface area contributed by atoms with Crippen molar-refractivity contribution in [2.24, 2.45) is 7.05 Å². The van der Waals surface area contributed by atoms with Crippen LogP contribution in [0.3, 0.4) is 0 Å². The van der Waals surface area contributed by atoms with Crippen molar-refractivity contribution >= 4 is 17.9 Å². The van der Waals surface area contributed by atoms with Crippen molar-refractivity contribution in [3.63, 3.8) is 0 Å². The van der Waals surface area contributed by atoms with Gasteiger partial charge in [-0.15, -0.1) is 0 Å². The summed E-state index contributed by atoms with van der Waals surface area (Å²) in [6.45, 7) is 11.1. The van der Waals surface area contributed by atoms with Gasteiger partial charge in [-0.05, 0) is 46.1 Å². The predicted molar refractivity (Wildman–Crippen MR) is 140 cm³/mol. The van der Waals surface area contributed by atoms with Gasteiger partial charge in [0.05, 0.1) is 19.4 Å². The number of hydrogen-bond donors (Lipinski definition) is 5. The Balaban J connectivity index is 0.000000332. The number of aliphatic carboxylic acids is 3. The van der Waals surface area contributed by atoms with Gasteiger partial charge in [0.1, 0.15) is 5.82 Å². The summed E-state index contributed by atoms with van der Waals surface area (Å²) in [6, 6.07) is 11.3. The van der Waals surface area contributed by atoms with Gasteiger partial charge in [-0.25, -0.2) is 9.78 Å². The van der Waals surface area contributed by atoms with Crippen LogP contribution in [0.15, 0.2) is 42.7 Å². The Hall–Kier alpha value is -3.28. The van der Waals surface area contributed by atoms with Crippen molar-refractivity contribution in [3.05, 3.63) is 54.1 Å². The minimum atomic E-state index is -2.74. The van der Waals surface area contributed by atoms with E-state index in [-0.39, 0.29) is 11.1 Å². The molecule has 0 radical (unpaired) electrons. The van der Waals surface area contributed by atoms with E-state index in [1.165, 1.54) is 5.56 Å². The Morgan fingerprint density at radius 3 is 1.95 bits per heavy atom. The molecule has 1 aliphatic heterocycles. The molecule has 0 atom stereocenters. The first kappa shape index (κ1) is 30.9. The van der Waals surface area contributed by atoms with Gasteiger partial charge in [0.25, 0.3) is 0 Å². The van der Waals surface area contributed by atoms with Crippen molar-refractivity contribution in [2.75, 3.05) is 0 Å². The first-order chi connectivity index (χ1) is 17.5. The van der Waals surface area contributed by atoms with Gasteiger partial charge in [-0.2, -0.15) is 0 Å². The van der Waals surface area contributed by atoms with E-state index in [0.29, 0.717) is 6.04 Å². The number of rotatable bonds is 10. The van der Waals surface area contributed by atoms with E-state index in [1.807, 2.05) is 12.4 Å². The van der Waals surface area contributed by atoms with E-state index in [0.717, 1.165) is 31.8 Å². The van der Waals surface area contributed by atoms with Crippen LogP contribution in [0.5, 0.6) is 0 Å². The molecule has 0 unspecified atom stereocenters. The van der Waals surface area contributed by atoms with Gasteiger partial charge in [0, 0.05) is 43.1 Å². The standard InChI is InChI=1S/C21H32N4.C6H8O7/c1-20(2)13-18(14-21(3,4)23-20)25(15-17-9-7-6-8-10-17)16-19-22-11-12-24(19)5;7-3(8)1-6(13,5(11)12)2-4(9)10/h6-12,18,23H,13-16H2,1-5H3;13H,1-2H2,(H,7,8)(H,9,10)(H,11,12). The van der Waals surface area contributed by atoms with Crippen LogP contribution >= 0.6 is 0 Å². The van der Waals surface area contributed by atoms with E-state index in [4.69, 9.17) is 20.4 Å². The highest BCUT2D eigenvalue weighted by molar-refractivity contribution is 5.88. The maximum absolute atomic E-state index is 10.3. The lowest BCUT2D eigenvalue weighted by atomic mass is 9.79. The fourth-order valence-corrected chi connectivity index (χ4v) is 5.10. The molecule has 0 bridgehead atoms. The second-order valence-corrected chi connectivity index (χ2v) is 11.3. The number of carboxylic acids is 3. The summed E-state index contributed by atoms with van der Waals surface area (Å²) in [4.78, 5) is 37.7. The summed E-state index contributed by atoms with van der Waals surface area (Å²) < 4.78 is 2.13. The molecule has 1 aromatic carbocycles. The van der Waals surface area contributed by atoms with Gasteiger partial charge in [0.2, 0.25) is 0 Å². The lowest BCUT2D eigenvalue weighted by Crippen LogP contribution is -2.62. The number of piperidine rings is 1. The minimum absolute atomic E-state index is 0.142. The summed E-state index contributed by atoms with van der Waals surface area (Å²) in [5.41, 5.74) is -1.09. The highest BCUT2D eigenvalue weighted by atomic mass is 16.4. The van der Waals surface area contributed by atoms with E-state index in [9.17, 15) is 14.4 Å². The SMILES string of the molecule is Cn1ccnc1CN(Cc1ccccc1)C1CC(C)(C)NC(C)(C)C1.O=C(O)CC(O)(CC(=O)O)C(=O)O. The zero-order valence-electron chi connectivity index (χ0n) is 22.7. The van der Waals surface area contributed by atoms with E-state index >= 15 is 0 Å². The Morgan fingerprint density at radius 1 is 1.00 bits per heavy atom. The maximum atomic E-state index is 10.3. The van der Waals surface area contributed by atoms with Gasteiger partial charge in [-0.1, -0.05) is 30.3 Å². The number of aryl methyl sites for hydroxylation is 1. The Bertz CT molecular complexity index is 1070. The predicted octanol–water partition coefficient (Wildman–Crippen LogP) is 2.48. The molecule has 210 valence electrons. The number of hydrogen-bond acceptors (Lipinski definition) is 7. The number of carbonyl (C=O) groups is 3. The zero-order chi connectivity index (χ0) is 28.7. The van der Waals surface area contributed by atoms with Gasteiger partial charge in [-0.3, -0.25) is 14.5 Å². The minimum Gasteiger partial charge on any atom is -0.481 e. The fraction of sp³-hybridized carbons (Fsp3) is 0.556. The summed E-state index contributed by atoms with van der Waals surface area (Å²) in [6.07, 6.45) is 3.93. The largest absolute Gasteiger partial charge is 0.481 e. The Morgan fingerprint density at radius 2 is 1.53 bits per heavy atom. The van der Waals surface area contributed by atoms with E-state index in [1.54, 1.807) is 0 Å². The first-order valence-corrected chi connectivity index (χ1v) is 12.4. The number of benzene rings is 1. The number of aromatic nitrogens is 2. The number of nitrogens with zero attached hydrogens (tertiary/aromatic N) is 3. The second-order valence-electron chi connectivity index (χ2n) is 11.3. The van der Waals surface area contributed by atoms with Gasteiger partial charge < -0.3 is 30.3 Å². The lowest BCUT2D eigenvalue weighted by molar-refractivity contribution is -0.170. The Kier molecular flexibility index (Phi) is 10.2. The first-order valence-electron chi connectivity index (χ1n) is 12.4. The van der Waals surface area contributed by atoms with Crippen LogP contribution in [-0.4, -0.2) is 75.5 Å². The average molecular weight is 533 g/mol. The van der Waals surface area contributed by atoms with Crippen molar-refractivity contribution in [1.29, 1.82) is 0 Å². The van der Waals surface area contributed by atoms with Crippen LogP contribution in [0.4, 0.5) is 0 Å². The summed E-state index contributed by atoms with van der Waals surface area (Å²) >= 11 is 0. The van der Waals surface area contributed by atoms with Crippen molar-refractivity contribution in [1.82, 2.24) is 19.8 Å². The third-order valence-electron chi connectivity index (χ3n) is 6.46. The maximum Gasteiger partial charge on any atom is 0.336 e. The molecule has 0 spiro atoms. The normalized spacial score (nSPS) is 16.9. The zero-order valence-corrected chi connectivity index (χ0v) is 22.7. The monoisotopic (exact) mass is 532 g/mol. The average Bonchev–Trinajstić information content (AvgIpc) is 3.15. The molecule has 3 rings (SSSR count). The summed E-state index contributed by atoms with van der Waals surface area (Å²) in [7, 11) is 2.08. The molecular weight excluding hydrogens is 492 g/mol. The highest BCUT2D eigenvalue weighted by Gasteiger charge is 2.41. The highest BCUT2D eigenvalue weighted by Crippen LogP contribution is 2.33. The molecule has 1 aromatic heterocycles. The van der Waals surface area contributed by atoms with Crippen LogP contribution < -0.4 is 5.32 Å². The lowest BCUT2D eigenvalue weighted by Gasteiger charge is -2.49. The summed E-state index contributed by atoms with van der Waals surface area (Å²) in [5, 5.41) is 37.6. The molecule has 1 saturated heterocycles. The molecule has 2 heterocycles. The third-order valence-corrected chi connectivity index (χ3v) is 6.46. The molecule has 0 amide bonds. The number of aliphatic hydroxyl groups is 1. The van der Waals surface area contributed by atoms with Crippen molar-refractivity contribution in [2.45, 2.75) is 89.2 Å². The molecule has 2 aromatic rings. The quantitative estimate of drug-likeness (QED) is 0.307. The number of carboxylic acid groups (broad SMARTS) is 3. The van der Waals surface area contributed by atoms with E-state index < -0.39 is 36.4 Å². The van der Waals surface area contributed by atoms with Crippen LogP contribution in [0.1, 0.15) is 64.8 Å². The number of nitrogens with one attached hydrogen (secondary N) is 1. The molecule has 1 aliphatic rings. The van der Waals surface area contributed by atoms with Crippen molar-refractivity contribution in [3.8, 4) is 0 Å². The molecule has 0 saturated carbocycles. The second kappa shape index (κ2) is 12.5. The molecule has 0 aliphatic carbocycles. The van der Waals surface area contributed by atoms with Crippen LogP contribution in [0, 0.1) is 0 Å². The van der Waals surface area contributed by atoms with Crippen LogP contribution in [0.2, 0.25) is 0 Å². The van der Waals surface area contributed by atoms with Gasteiger partial charge >= 0.3 is 17.9 Å². The molecule has 5 N–H and O–H groups in total. The summed E-state index contributed by atoms with van der Waals surface area (Å²) in [5.74, 6) is -3.89.